The average molecular weight is 314 g/mol. The molecule has 7 heteroatoms. The summed E-state index contributed by atoms with van der Waals surface area (Å²) in [5.74, 6) is 2.86. The van der Waals surface area contributed by atoms with Gasteiger partial charge in [0, 0.05) is 34.8 Å². The Balaban J connectivity index is 3.19. The lowest BCUT2D eigenvalue weighted by Gasteiger charge is -2.13. The molecule has 5 nitrogen and oxygen atoms in total. The Morgan fingerprint density at radius 3 is 1.47 bits per heavy atom. The molecule has 0 aliphatic rings. The van der Waals surface area contributed by atoms with Crippen molar-refractivity contribution < 1.29 is 25.2 Å². The summed E-state index contributed by atoms with van der Waals surface area (Å²) in [5.41, 5.74) is 0. The zero-order valence-corrected chi connectivity index (χ0v) is 13.2. The van der Waals surface area contributed by atoms with Crippen molar-refractivity contribution in [1.29, 1.82) is 0 Å². The van der Waals surface area contributed by atoms with Gasteiger partial charge in [-0.3, -0.25) is 0 Å². The van der Waals surface area contributed by atoms with Gasteiger partial charge in [0.25, 0.3) is 0 Å². The maximum absolute atomic E-state index is 8.88. The first-order valence-corrected chi connectivity index (χ1v) is 8.71. The van der Waals surface area contributed by atoms with Crippen LogP contribution in [0, 0.1) is 11.8 Å². The van der Waals surface area contributed by atoms with E-state index in [-0.39, 0.29) is 11.8 Å². The van der Waals surface area contributed by atoms with Gasteiger partial charge in [0.1, 0.15) is 0 Å². The van der Waals surface area contributed by atoms with Crippen molar-refractivity contribution in [2.24, 2.45) is 11.8 Å². The molecule has 0 spiro atoms. The van der Waals surface area contributed by atoms with E-state index in [4.69, 9.17) is 25.2 Å². The van der Waals surface area contributed by atoms with Crippen LogP contribution in [-0.2, 0) is 4.74 Å². The molecule has 2 unspecified atom stereocenters. The summed E-state index contributed by atoms with van der Waals surface area (Å²) in [7, 11) is 0. The molecule has 2 atom stereocenters. The first-order chi connectivity index (χ1) is 8.95. The van der Waals surface area contributed by atoms with E-state index < -0.39 is 12.6 Å². The number of ether oxygens (including phenoxy) is 1. The third kappa shape index (κ3) is 12.0. The quantitative estimate of drug-likeness (QED) is 0.305. The van der Waals surface area contributed by atoms with Crippen molar-refractivity contribution in [3.8, 4) is 0 Å². The lowest BCUT2D eigenvalue weighted by Crippen LogP contribution is -2.19. The van der Waals surface area contributed by atoms with E-state index in [9.17, 15) is 0 Å². The molecule has 0 bridgehead atoms. The second-order valence-corrected chi connectivity index (χ2v) is 6.84. The molecule has 0 fully saturated rings. The van der Waals surface area contributed by atoms with Crippen molar-refractivity contribution in [3.05, 3.63) is 0 Å². The van der Waals surface area contributed by atoms with E-state index in [0.29, 0.717) is 24.7 Å². The summed E-state index contributed by atoms with van der Waals surface area (Å²) in [6.07, 6.45) is -2.48. The molecule has 0 aliphatic heterocycles. The second kappa shape index (κ2) is 12.3. The summed E-state index contributed by atoms with van der Waals surface area (Å²) < 4.78 is 5.43. The van der Waals surface area contributed by atoms with Gasteiger partial charge in [-0.05, 0) is 0 Å². The molecule has 0 radical (unpaired) electrons. The highest BCUT2D eigenvalue weighted by Gasteiger charge is 2.10. The van der Waals surface area contributed by atoms with Crippen LogP contribution in [0.3, 0.4) is 0 Å². The molecule has 0 saturated carbocycles. The predicted molar refractivity (Wildman–Crippen MR) is 80.2 cm³/mol. The van der Waals surface area contributed by atoms with E-state index in [1.807, 2.05) is 0 Å². The van der Waals surface area contributed by atoms with Crippen LogP contribution in [0.25, 0.3) is 0 Å². The maximum Gasteiger partial charge on any atom is 0.154 e. The van der Waals surface area contributed by atoms with Crippen molar-refractivity contribution in [2.75, 3.05) is 36.2 Å². The van der Waals surface area contributed by atoms with Gasteiger partial charge in [-0.1, -0.05) is 13.8 Å². The van der Waals surface area contributed by atoms with E-state index in [2.05, 4.69) is 0 Å². The predicted octanol–water partition coefficient (Wildman–Crippen LogP) is 0.363. The number of hydrogen-bond acceptors (Lipinski definition) is 7. The minimum atomic E-state index is -1.24. The van der Waals surface area contributed by atoms with E-state index >= 15 is 0 Å². The van der Waals surface area contributed by atoms with Gasteiger partial charge in [-0.2, -0.15) is 23.5 Å². The van der Waals surface area contributed by atoms with Crippen LogP contribution in [0.2, 0.25) is 0 Å². The lowest BCUT2D eigenvalue weighted by atomic mass is 10.2. The molecule has 0 aromatic rings. The van der Waals surface area contributed by atoms with E-state index in [0.717, 1.165) is 11.5 Å². The Morgan fingerprint density at radius 1 is 0.789 bits per heavy atom. The number of aliphatic hydroxyl groups is 4. The number of rotatable bonds is 12. The molecule has 0 saturated heterocycles. The summed E-state index contributed by atoms with van der Waals surface area (Å²) in [6.45, 7) is 4.90. The van der Waals surface area contributed by atoms with Gasteiger partial charge in [0.15, 0.2) is 12.6 Å². The number of hydrogen-bond donors (Lipinski definition) is 4. The van der Waals surface area contributed by atoms with Crippen molar-refractivity contribution in [3.63, 3.8) is 0 Å². The Hall–Kier alpha value is 0.500. The van der Waals surface area contributed by atoms with E-state index in [1.54, 1.807) is 37.4 Å². The smallest absolute Gasteiger partial charge is 0.154 e. The molecule has 0 heterocycles. The molecule has 4 N–H and O–H groups in total. The van der Waals surface area contributed by atoms with Crippen LogP contribution in [0.4, 0.5) is 0 Å². The van der Waals surface area contributed by atoms with Crippen LogP contribution in [0.5, 0.6) is 0 Å². The third-order valence-electron chi connectivity index (χ3n) is 2.52. The molecule has 19 heavy (non-hydrogen) atoms. The summed E-state index contributed by atoms with van der Waals surface area (Å²) in [6, 6.07) is 0. The largest absolute Gasteiger partial charge is 0.380 e. The zero-order chi connectivity index (χ0) is 14.7. The van der Waals surface area contributed by atoms with E-state index in [1.165, 1.54) is 0 Å². The topological polar surface area (TPSA) is 90.2 Å². The van der Waals surface area contributed by atoms with Gasteiger partial charge in [-0.15, -0.1) is 0 Å². The Bertz CT molecular complexity index is 185. The van der Waals surface area contributed by atoms with Crippen LogP contribution in [0.1, 0.15) is 13.8 Å². The van der Waals surface area contributed by atoms with Crippen LogP contribution >= 0.6 is 23.5 Å². The highest BCUT2D eigenvalue weighted by Crippen LogP contribution is 2.12. The van der Waals surface area contributed by atoms with Gasteiger partial charge in [0.2, 0.25) is 0 Å². The van der Waals surface area contributed by atoms with Gasteiger partial charge in [0.05, 0.1) is 13.2 Å². The van der Waals surface area contributed by atoms with Crippen molar-refractivity contribution in [1.82, 2.24) is 0 Å². The summed E-state index contributed by atoms with van der Waals surface area (Å²) in [5, 5.41) is 35.5. The van der Waals surface area contributed by atoms with Gasteiger partial charge in [-0.25, -0.2) is 0 Å². The first kappa shape index (κ1) is 19.5. The van der Waals surface area contributed by atoms with Crippen LogP contribution < -0.4 is 0 Å². The Kier molecular flexibility index (Phi) is 12.6. The second-order valence-electron chi connectivity index (χ2n) is 4.54. The normalized spacial score (nSPS) is 15.2. The van der Waals surface area contributed by atoms with Crippen LogP contribution in [0.15, 0.2) is 0 Å². The van der Waals surface area contributed by atoms with Crippen molar-refractivity contribution >= 4 is 23.5 Å². The fraction of sp³-hybridized carbons (Fsp3) is 1.00. The molecule has 0 rings (SSSR count). The van der Waals surface area contributed by atoms with Crippen molar-refractivity contribution in [2.45, 2.75) is 26.4 Å². The minimum Gasteiger partial charge on any atom is -0.380 e. The first-order valence-electron chi connectivity index (χ1n) is 6.40. The standard InChI is InChI=1S/C12H26O5S2/c1-9(11(13)14)7-18-5-3-17-4-6-19-8-10(2)12(15)16/h9-16H,3-8H2,1-2H3. The highest BCUT2D eigenvalue weighted by molar-refractivity contribution is 7.99. The molecule has 116 valence electrons. The number of aliphatic hydroxyl groups excluding tert-OH is 2. The molecule has 0 aromatic heterocycles. The monoisotopic (exact) mass is 314 g/mol. The fourth-order valence-corrected chi connectivity index (χ4v) is 2.94. The molecule has 0 aliphatic carbocycles. The molecule has 0 amide bonds. The third-order valence-corrected chi connectivity index (χ3v) is 4.96. The summed E-state index contributed by atoms with van der Waals surface area (Å²) >= 11 is 3.29. The lowest BCUT2D eigenvalue weighted by molar-refractivity contribution is -0.0722. The summed E-state index contributed by atoms with van der Waals surface area (Å²) in [4.78, 5) is 0. The van der Waals surface area contributed by atoms with Crippen LogP contribution in [-0.4, -0.2) is 69.2 Å². The highest BCUT2D eigenvalue weighted by atomic mass is 32.2. The Morgan fingerprint density at radius 2 is 1.16 bits per heavy atom. The molecular formula is C12H26O5S2. The Labute approximate surface area is 123 Å². The number of thioether (sulfide) groups is 2. The minimum absolute atomic E-state index is 0.119. The zero-order valence-electron chi connectivity index (χ0n) is 11.6. The molecule has 0 aromatic carbocycles. The SMILES string of the molecule is CC(CSCCOCCSCC(C)C(O)O)C(O)O. The molecular weight excluding hydrogens is 288 g/mol. The average Bonchev–Trinajstić information content (AvgIpc) is 2.35. The maximum atomic E-state index is 8.88. The van der Waals surface area contributed by atoms with Gasteiger partial charge >= 0.3 is 0 Å². The van der Waals surface area contributed by atoms with Gasteiger partial charge < -0.3 is 25.2 Å². The fourth-order valence-electron chi connectivity index (χ4n) is 1.05.